The van der Waals surface area contributed by atoms with Crippen LogP contribution < -0.4 is 5.32 Å². The highest BCUT2D eigenvalue weighted by atomic mass is 16.5. The maximum atomic E-state index is 12.0. The summed E-state index contributed by atoms with van der Waals surface area (Å²) >= 11 is 0. The van der Waals surface area contributed by atoms with Crippen LogP contribution in [0.3, 0.4) is 0 Å². The first kappa shape index (κ1) is 15.4. The molecule has 1 aromatic heterocycles. The molecule has 3 aromatic rings. The lowest BCUT2D eigenvalue weighted by Crippen LogP contribution is -2.20. The van der Waals surface area contributed by atoms with Crippen molar-refractivity contribution >= 4 is 17.6 Å². The van der Waals surface area contributed by atoms with Crippen molar-refractivity contribution < 1.29 is 14.3 Å². The lowest BCUT2D eigenvalue weighted by molar-refractivity contribution is -0.119. The van der Waals surface area contributed by atoms with Crippen LogP contribution in [0, 0.1) is 0 Å². The van der Waals surface area contributed by atoms with Gasteiger partial charge in [0.2, 0.25) is 0 Å². The van der Waals surface area contributed by atoms with Gasteiger partial charge >= 0.3 is 5.97 Å². The van der Waals surface area contributed by atoms with Crippen LogP contribution in [-0.2, 0) is 9.53 Å². The van der Waals surface area contributed by atoms with E-state index in [2.05, 4.69) is 15.4 Å². The van der Waals surface area contributed by atoms with Crippen molar-refractivity contribution in [3.8, 4) is 5.69 Å². The molecule has 0 aliphatic carbocycles. The third-order valence-electron chi connectivity index (χ3n) is 3.18. The van der Waals surface area contributed by atoms with E-state index in [1.54, 1.807) is 59.5 Å². The molecule has 0 aliphatic heterocycles. The normalized spacial score (nSPS) is 10.2. The number of ether oxygens (including phenoxy) is 1. The Balaban J connectivity index is 1.54. The second-order valence-electron chi connectivity index (χ2n) is 4.88. The summed E-state index contributed by atoms with van der Waals surface area (Å²) in [5, 5.41) is 6.64. The largest absolute Gasteiger partial charge is 0.452 e. The number of anilines is 1. The minimum absolute atomic E-state index is 0.349. The Morgan fingerprint density at radius 1 is 1.04 bits per heavy atom. The van der Waals surface area contributed by atoms with Crippen LogP contribution >= 0.6 is 0 Å². The Hall–Kier alpha value is -3.48. The molecule has 120 valence electrons. The number of hydrogen-bond acceptors (Lipinski definition) is 5. The third-order valence-corrected chi connectivity index (χ3v) is 3.18. The minimum Gasteiger partial charge on any atom is -0.452 e. The number of para-hydroxylation sites is 1. The summed E-state index contributed by atoms with van der Waals surface area (Å²) in [6.45, 7) is -0.349. The average Bonchev–Trinajstić information content (AvgIpc) is 3.15. The van der Waals surface area contributed by atoms with Crippen LogP contribution in [0.4, 0.5) is 5.69 Å². The topological polar surface area (TPSA) is 86.1 Å². The molecule has 1 amide bonds. The molecule has 0 atom stereocenters. The predicted octanol–water partition coefficient (Wildman–Crippen LogP) is 2.06. The number of esters is 1. The van der Waals surface area contributed by atoms with Gasteiger partial charge in [-0.05, 0) is 36.4 Å². The van der Waals surface area contributed by atoms with E-state index in [1.165, 1.54) is 6.33 Å². The fraction of sp³-hybridized carbons (Fsp3) is 0.0588. The number of nitrogens with zero attached hydrogens (tertiary/aromatic N) is 3. The molecule has 0 saturated heterocycles. The Morgan fingerprint density at radius 2 is 1.79 bits per heavy atom. The number of amides is 1. The zero-order valence-electron chi connectivity index (χ0n) is 12.6. The van der Waals surface area contributed by atoms with Gasteiger partial charge in [-0.3, -0.25) is 4.79 Å². The van der Waals surface area contributed by atoms with E-state index < -0.39 is 11.9 Å². The fourth-order valence-electron chi connectivity index (χ4n) is 2.02. The van der Waals surface area contributed by atoms with Gasteiger partial charge in [0.15, 0.2) is 6.61 Å². The van der Waals surface area contributed by atoms with Gasteiger partial charge in [0, 0.05) is 5.69 Å². The van der Waals surface area contributed by atoms with Crippen LogP contribution in [0.2, 0.25) is 0 Å². The van der Waals surface area contributed by atoms with Crippen LogP contribution in [0.1, 0.15) is 10.4 Å². The zero-order valence-corrected chi connectivity index (χ0v) is 12.6. The first-order valence-electron chi connectivity index (χ1n) is 7.19. The van der Waals surface area contributed by atoms with Gasteiger partial charge in [-0.25, -0.2) is 14.5 Å². The van der Waals surface area contributed by atoms with E-state index in [1.807, 2.05) is 6.07 Å². The number of carbonyl (C=O) groups excluding carboxylic acids is 2. The molecule has 3 rings (SSSR count). The van der Waals surface area contributed by atoms with Gasteiger partial charge in [0.1, 0.15) is 12.7 Å². The predicted molar refractivity (Wildman–Crippen MR) is 86.7 cm³/mol. The van der Waals surface area contributed by atoms with Crippen molar-refractivity contribution in [3.63, 3.8) is 0 Å². The summed E-state index contributed by atoms with van der Waals surface area (Å²) < 4.78 is 6.58. The van der Waals surface area contributed by atoms with Crippen LogP contribution in [0.15, 0.2) is 67.3 Å². The molecule has 0 fully saturated rings. The number of aromatic nitrogens is 3. The summed E-state index contributed by atoms with van der Waals surface area (Å²) in [7, 11) is 0. The van der Waals surface area contributed by atoms with Crippen LogP contribution in [0.25, 0.3) is 5.69 Å². The molecule has 0 aliphatic rings. The first-order valence-corrected chi connectivity index (χ1v) is 7.19. The molecule has 7 heteroatoms. The van der Waals surface area contributed by atoms with Crippen LogP contribution in [0.5, 0.6) is 0 Å². The zero-order chi connectivity index (χ0) is 16.8. The van der Waals surface area contributed by atoms with E-state index in [0.717, 1.165) is 5.69 Å². The molecule has 1 N–H and O–H groups in total. The van der Waals surface area contributed by atoms with Gasteiger partial charge in [-0.1, -0.05) is 18.2 Å². The minimum atomic E-state index is -0.566. The molecule has 2 aromatic carbocycles. The van der Waals surface area contributed by atoms with Crippen molar-refractivity contribution in [2.24, 2.45) is 0 Å². The van der Waals surface area contributed by atoms with E-state index >= 15 is 0 Å². The maximum Gasteiger partial charge on any atom is 0.338 e. The number of hydrogen-bond donors (Lipinski definition) is 1. The van der Waals surface area contributed by atoms with Crippen molar-refractivity contribution in [2.75, 3.05) is 11.9 Å². The average molecular weight is 322 g/mol. The molecule has 0 saturated carbocycles. The Labute approximate surface area is 137 Å². The molecule has 0 unspecified atom stereocenters. The van der Waals surface area contributed by atoms with E-state index in [0.29, 0.717) is 11.3 Å². The van der Waals surface area contributed by atoms with Gasteiger partial charge in [-0.15, -0.1) is 0 Å². The van der Waals surface area contributed by atoms with Gasteiger partial charge in [-0.2, -0.15) is 5.10 Å². The molecule has 0 radical (unpaired) electrons. The Bertz CT molecular complexity index is 815. The summed E-state index contributed by atoms with van der Waals surface area (Å²) in [5.41, 5.74) is 1.77. The SMILES string of the molecule is O=C(COC(=O)c1ccc(-n2cncn2)cc1)Nc1ccccc1. The number of nitrogens with one attached hydrogen (secondary N) is 1. The van der Waals surface area contributed by atoms with Gasteiger partial charge in [0.05, 0.1) is 11.3 Å². The van der Waals surface area contributed by atoms with Crippen molar-refractivity contribution in [2.45, 2.75) is 0 Å². The third kappa shape index (κ3) is 3.83. The summed E-state index contributed by atoms with van der Waals surface area (Å²) in [4.78, 5) is 27.6. The second-order valence-corrected chi connectivity index (χ2v) is 4.88. The maximum absolute atomic E-state index is 12.0. The van der Waals surface area contributed by atoms with Crippen molar-refractivity contribution in [1.29, 1.82) is 0 Å². The molecule has 0 bridgehead atoms. The smallest absolute Gasteiger partial charge is 0.338 e. The standard InChI is InChI=1S/C17H14N4O3/c22-16(20-14-4-2-1-3-5-14)10-24-17(23)13-6-8-15(9-7-13)21-12-18-11-19-21/h1-9,11-12H,10H2,(H,20,22). The van der Waals surface area contributed by atoms with E-state index in [-0.39, 0.29) is 6.61 Å². The molecule has 0 spiro atoms. The van der Waals surface area contributed by atoms with Gasteiger partial charge in [0.25, 0.3) is 5.91 Å². The Kier molecular flexibility index (Phi) is 4.62. The van der Waals surface area contributed by atoms with E-state index in [4.69, 9.17) is 4.74 Å². The monoisotopic (exact) mass is 322 g/mol. The summed E-state index contributed by atoms with van der Waals surface area (Å²) in [6, 6.07) is 15.6. The molecule has 1 heterocycles. The second kappa shape index (κ2) is 7.19. The number of rotatable bonds is 5. The van der Waals surface area contributed by atoms with Gasteiger partial charge < -0.3 is 10.1 Å². The lowest BCUT2D eigenvalue weighted by Gasteiger charge is -2.07. The highest BCUT2D eigenvalue weighted by molar-refractivity contribution is 5.95. The van der Waals surface area contributed by atoms with Crippen LogP contribution in [-0.4, -0.2) is 33.2 Å². The van der Waals surface area contributed by atoms with Crippen molar-refractivity contribution in [1.82, 2.24) is 14.8 Å². The lowest BCUT2D eigenvalue weighted by atomic mass is 10.2. The quantitative estimate of drug-likeness (QED) is 0.727. The molecule has 24 heavy (non-hydrogen) atoms. The highest BCUT2D eigenvalue weighted by Crippen LogP contribution is 2.09. The fourth-order valence-corrected chi connectivity index (χ4v) is 2.02. The summed E-state index contributed by atoms with van der Waals surface area (Å²) in [6.07, 6.45) is 2.98. The highest BCUT2D eigenvalue weighted by Gasteiger charge is 2.10. The molecule has 7 nitrogen and oxygen atoms in total. The van der Waals surface area contributed by atoms with E-state index in [9.17, 15) is 9.59 Å². The first-order chi connectivity index (χ1) is 11.7. The molecular formula is C17H14N4O3. The Morgan fingerprint density at radius 3 is 2.46 bits per heavy atom. The summed E-state index contributed by atoms with van der Waals surface area (Å²) in [5.74, 6) is -0.961. The number of benzene rings is 2. The molecular weight excluding hydrogens is 308 g/mol. The van der Waals surface area contributed by atoms with Crippen molar-refractivity contribution in [3.05, 3.63) is 72.8 Å². The number of carbonyl (C=O) groups is 2.